The topological polar surface area (TPSA) is 61.2 Å². The standard InChI is InChI=1S/C19H35N7O.HI/c1-20-19(21-12-18(23(2)3)17-11-22-24(4)15-17)26-6-5-16(14-26)13-25-7-9-27-10-8-25;/h11,15-16,18H,5-10,12-14H2,1-4H3,(H,20,21);1H. The number of nitrogens with zero attached hydrogens (tertiary/aromatic N) is 6. The lowest BCUT2D eigenvalue weighted by Crippen LogP contribution is -2.44. The highest BCUT2D eigenvalue weighted by molar-refractivity contribution is 14.0. The Morgan fingerprint density at radius 3 is 2.71 bits per heavy atom. The molecule has 8 nitrogen and oxygen atoms in total. The summed E-state index contributed by atoms with van der Waals surface area (Å²) >= 11 is 0. The molecule has 9 heteroatoms. The minimum absolute atomic E-state index is 0. The fraction of sp³-hybridized carbons (Fsp3) is 0.789. The molecule has 0 bridgehead atoms. The summed E-state index contributed by atoms with van der Waals surface area (Å²) in [6.07, 6.45) is 5.27. The Hall–Kier alpha value is -0.910. The van der Waals surface area contributed by atoms with Crippen LogP contribution in [-0.4, -0.2) is 104 Å². The number of hydrogen-bond acceptors (Lipinski definition) is 5. The van der Waals surface area contributed by atoms with Crippen molar-refractivity contribution in [2.75, 3.05) is 73.6 Å². The van der Waals surface area contributed by atoms with E-state index in [1.165, 1.54) is 18.5 Å². The van der Waals surface area contributed by atoms with E-state index in [0.717, 1.165) is 51.9 Å². The van der Waals surface area contributed by atoms with Gasteiger partial charge in [-0.3, -0.25) is 14.6 Å². The SMILES string of the molecule is CN=C(NCC(c1cnn(C)c1)N(C)C)N1CCC(CN2CCOCC2)C1.I. The van der Waals surface area contributed by atoms with E-state index < -0.39 is 0 Å². The van der Waals surface area contributed by atoms with Gasteiger partial charge in [-0.25, -0.2) is 0 Å². The van der Waals surface area contributed by atoms with Crippen molar-refractivity contribution in [2.45, 2.75) is 12.5 Å². The molecular weight excluding hydrogens is 469 g/mol. The number of nitrogens with one attached hydrogen (secondary N) is 1. The van der Waals surface area contributed by atoms with Crippen molar-refractivity contribution < 1.29 is 4.74 Å². The number of ether oxygens (including phenoxy) is 1. The molecule has 3 heterocycles. The minimum Gasteiger partial charge on any atom is -0.379 e. The molecule has 0 radical (unpaired) electrons. The van der Waals surface area contributed by atoms with Gasteiger partial charge in [0.15, 0.2) is 5.96 Å². The van der Waals surface area contributed by atoms with Crippen LogP contribution in [0.5, 0.6) is 0 Å². The van der Waals surface area contributed by atoms with Crippen molar-refractivity contribution in [2.24, 2.45) is 18.0 Å². The highest BCUT2D eigenvalue weighted by atomic mass is 127. The lowest BCUT2D eigenvalue weighted by Gasteiger charge is -2.30. The lowest BCUT2D eigenvalue weighted by molar-refractivity contribution is 0.0315. The maximum absolute atomic E-state index is 5.46. The molecule has 1 N–H and O–H groups in total. The monoisotopic (exact) mass is 505 g/mol. The zero-order valence-corrected chi connectivity index (χ0v) is 20.0. The third-order valence-electron chi connectivity index (χ3n) is 5.60. The van der Waals surface area contributed by atoms with Crippen LogP contribution in [0, 0.1) is 5.92 Å². The van der Waals surface area contributed by atoms with Gasteiger partial charge < -0.3 is 19.9 Å². The highest BCUT2D eigenvalue weighted by Crippen LogP contribution is 2.19. The first kappa shape index (κ1) is 23.4. The third kappa shape index (κ3) is 6.30. The van der Waals surface area contributed by atoms with E-state index in [9.17, 15) is 0 Å². The molecule has 2 aliphatic heterocycles. The molecule has 2 atom stereocenters. The number of likely N-dealkylation sites (N-methyl/N-ethyl adjacent to an activating group) is 1. The summed E-state index contributed by atoms with van der Waals surface area (Å²) in [5, 5.41) is 7.91. The van der Waals surface area contributed by atoms with Crippen LogP contribution >= 0.6 is 24.0 Å². The molecule has 160 valence electrons. The molecule has 2 fully saturated rings. The Bertz CT molecular complexity index is 615. The van der Waals surface area contributed by atoms with Crippen molar-refractivity contribution in [1.82, 2.24) is 29.8 Å². The van der Waals surface area contributed by atoms with E-state index in [-0.39, 0.29) is 30.0 Å². The molecular formula is C19H36IN7O. The van der Waals surface area contributed by atoms with E-state index in [2.05, 4.69) is 50.4 Å². The Morgan fingerprint density at radius 1 is 1.36 bits per heavy atom. The van der Waals surface area contributed by atoms with Crippen LogP contribution in [0.2, 0.25) is 0 Å². The van der Waals surface area contributed by atoms with Crippen molar-refractivity contribution in [3.8, 4) is 0 Å². The van der Waals surface area contributed by atoms with Crippen LogP contribution in [0.1, 0.15) is 18.0 Å². The number of hydrogen-bond donors (Lipinski definition) is 1. The average Bonchev–Trinajstić information content (AvgIpc) is 3.28. The number of aromatic nitrogens is 2. The summed E-state index contributed by atoms with van der Waals surface area (Å²) in [5.74, 6) is 1.72. The predicted octanol–water partition coefficient (Wildman–Crippen LogP) is 0.870. The molecule has 2 saturated heterocycles. The second kappa shape index (κ2) is 11.3. The van der Waals surface area contributed by atoms with Gasteiger partial charge in [0.1, 0.15) is 0 Å². The van der Waals surface area contributed by atoms with E-state index in [1.54, 1.807) is 0 Å². The first-order valence-electron chi connectivity index (χ1n) is 9.97. The van der Waals surface area contributed by atoms with Gasteiger partial charge in [-0.15, -0.1) is 24.0 Å². The molecule has 0 amide bonds. The number of guanidine groups is 1. The summed E-state index contributed by atoms with van der Waals surface area (Å²) in [7, 11) is 8.06. The zero-order valence-electron chi connectivity index (χ0n) is 17.7. The third-order valence-corrected chi connectivity index (χ3v) is 5.60. The smallest absolute Gasteiger partial charge is 0.193 e. The Kier molecular flexibility index (Phi) is 9.45. The molecule has 0 spiro atoms. The molecule has 28 heavy (non-hydrogen) atoms. The van der Waals surface area contributed by atoms with Gasteiger partial charge in [0, 0.05) is 65.1 Å². The van der Waals surface area contributed by atoms with E-state index in [0.29, 0.717) is 5.92 Å². The first-order valence-corrected chi connectivity index (χ1v) is 9.97. The van der Waals surface area contributed by atoms with Crippen LogP contribution in [0.15, 0.2) is 17.4 Å². The Labute approximate surface area is 186 Å². The van der Waals surface area contributed by atoms with Crippen LogP contribution in [0.3, 0.4) is 0 Å². The number of aliphatic imine (C=N–C) groups is 1. The maximum Gasteiger partial charge on any atom is 0.193 e. The number of morpholine rings is 1. The Balaban J connectivity index is 0.00000280. The second-order valence-electron chi connectivity index (χ2n) is 7.87. The van der Waals surface area contributed by atoms with Gasteiger partial charge in [-0.05, 0) is 26.4 Å². The molecule has 0 aliphatic carbocycles. The summed E-state index contributed by atoms with van der Waals surface area (Å²) in [6.45, 7) is 8.03. The summed E-state index contributed by atoms with van der Waals surface area (Å²) in [6, 6.07) is 0.266. The van der Waals surface area contributed by atoms with Crippen molar-refractivity contribution >= 4 is 29.9 Å². The fourth-order valence-electron chi connectivity index (χ4n) is 4.05. The first-order chi connectivity index (χ1) is 13.1. The molecule has 2 aliphatic rings. The average molecular weight is 505 g/mol. The number of aryl methyl sites for hydroxylation is 1. The van der Waals surface area contributed by atoms with Crippen LogP contribution < -0.4 is 5.32 Å². The minimum atomic E-state index is 0. The molecule has 1 aromatic heterocycles. The van der Waals surface area contributed by atoms with Gasteiger partial charge in [-0.2, -0.15) is 5.10 Å². The normalized spacial score (nSPS) is 22.4. The molecule has 3 rings (SSSR count). The molecule has 1 aromatic rings. The van der Waals surface area contributed by atoms with Gasteiger partial charge in [0.2, 0.25) is 0 Å². The quantitative estimate of drug-likeness (QED) is 0.352. The van der Waals surface area contributed by atoms with Crippen molar-refractivity contribution in [3.63, 3.8) is 0 Å². The lowest BCUT2D eigenvalue weighted by atomic mass is 10.1. The van der Waals surface area contributed by atoms with Gasteiger partial charge in [0.05, 0.1) is 25.5 Å². The number of rotatable bonds is 6. The van der Waals surface area contributed by atoms with E-state index in [4.69, 9.17) is 4.74 Å². The Morgan fingerprint density at radius 2 is 2.11 bits per heavy atom. The van der Waals surface area contributed by atoms with Crippen LogP contribution in [0.4, 0.5) is 0 Å². The van der Waals surface area contributed by atoms with E-state index >= 15 is 0 Å². The van der Waals surface area contributed by atoms with Crippen LogP contribution in [0.25, 0.3) is 0 Å². The summed E-state index contributed by atoms with van der Waals surface area (Å²) in [5.41, 5.74) is 1.22. The van der Waals surface area contributed by atoms with Gasteiger partial charge in [-0.1, -0.05) is 0 Å². The largest absolute Gasteiger partial charge is 0.379 e. The number of likely N-dealkylation sites (tertiary alicyclic amines) is 1. The molecule has 0 aromatic carbocycles. The summed E-state index contributed by atoms with van der Waals surface area (Å²) < 4.78 is 7.32. The molecule has 2 unspecified atom stereocenters. The van der Waals surface area contributed by atoms with E-state index in [1.807, 2.05) is 25.0 Å². The summed E-state index contributed by atoms with van der Waals surface area (Å²) in [4.78, 5) is 11.7. The fourth-order valence-corrected chi connectivity index (χ4v) is 4.05. The zero-order chi connectivity index (χ0) is 19.2. The van der Waals surface area contributed by atoms with Gasteiger partial charge >= 0.3 is 0 Å². The van der Waals surface area contributed by atoms with Crippen LogP contribution in [-0.2, 0) is 11.8 Å². The predicted molar refractivity (Wildman–Crippen MR) is 123 cm³/mol. The highest BCUT2D eigenvalue weighted by Gasteiger charge is 2.27. The van der Waals surface area contributed by atoms with Crippen molar-refractivity contribution in [3.05, 3.63) is 18.0 Å². The molecule has 0 saturated carbocycles. The van der Waals surface area contributed by atoms with Crippen molar-refractivity contribution in [1.29, 1.82) is 0 Å². The number of halogens is 1. The maximum atomic E-state index is 5.46. The van der Waals surface area contributed by atoms with Gasteiger partial charge in [0.25, 0.3) is 0 Å². The second-order valence-corrected chi connectivity index (χ2v) is 7.87.